The normalized spacial score (nSPS) is 11.6. The van der Waals surface area contributed by atoms with Crippen LogP contribution in [0, 0.1) is 5.92 Å². The molecule has 6 heteroatoms. The van der Waals surface area contributed by atoms with Gasteiger partial charge in [-0.05, 0) is 18.1 Å². The van der Waals surface area contributed by atoms with Crippen molar-refractivity contribution < 1.29 is 10.0 Å². The van der Waals surface area contributed by atoms with Crippen LogP contribution in [0.5, 0.6) is 0 Å². The van der Waals surface area contributed by atoms with E-state index in [-0.39, 0.29) is 11.7 Å². The van der Waals surface area contributed by atoms with Crippen LogP contribution in [0.4, 0.5) is 0 Å². The molecule has 0 aliphatic rings. The van der Waals surface area contributed by atoms with Gasteiger partial charge in [-0.15, -0.1) is 0 Å². The first kappa shape index (κ1) is 13.0. The number of carbonyl (C=O) groups excluding carboxylic acids is 1. The largest absolute Gasteiger partial charge is 0.409 e. The van der Waals surface area contributed by atoms with Crippen LogP contribution in [-0.4, -0.2) is 28.5 Å². The van der Waals surface area contributed by atoms with Crippen molar-refractivity contribution in [2.24, 2.45) is 16.8 Å². The van der Waals surface area contributed by atoms with E-state index in [1.807, 2.05) is 13.8 Å². The molecule has 0 aliphatic heterocycles. The van der Waals surface area contributed by atoms with Crippen LogP contribution in [0.15, 0.2) is 23.5 Å². The Morgan fingerprint density at radius 3 is 2.76 bits per heavy atom. The highest BCUT2D eigenvalue weighted by Crippen LogP contribution is 2.00. The number of nitrogens with zero attached hydrogens (tertiary/aromatic N) is 2. The molecular formula is C11H16N4O2. The molecule has 6 nitrogen and oxygen atoms in total. The molecule has 0 spiro atoms. The first-order chi connectivity index (χ1) is 8.04. The average Bonchev–Trinajstić information content (AvgIpc) is 2.35. The van der Waals surface area contributed by atoms with E-state index in [1.165, 1.54) is 12.3 Å². The van der Waals surface area contributed by atoms with Gasteiger partial charge in [0.2, 0.25) is 0 Å². The number of oxime groups is 1. The summed E-state index contributed by atoms with van der Waals surface area (Å²) >= 11 is 0. The van der Waals surface area contributed by atoms with Crippen LogP contribution in [-0.2, 0) is 0 Å². The summed E-state index contributed by atoms with van der Waals surface area (Å²) in [4.78, 5) is 15.6. The first-order valence-electron chi connectivity index (χ1n) is 5.26. The smallest absolute Gasteiger partial charge is 0.269 e. The molecule has 0 atom stereocenters. The lowest BCUT2D eigenvalue weighted by Gasteiger charge is -2.07. The topological polar surface area (TPSA) is 101 Å². The molecule has 0 fully saturated rings. The molecular weight excluding hydrogens is 220 g/mol. The standard InChI is InChI=1S/C11H16N4O2/c1-7(2)5-14-11(16)9-4-3-8(6-13-9)10(12)15-17/h3-4,6-7,17H,5H2,1-2H3,(H2,12,15)(H,14,16). The van der Waals surface area contributed by atoms with Crippen LogP contribution in [0.3, 0.4) is 0 Å². The lowest BCUT2D eigenvalue weighted by Crippen LogP contribution is -2.28. The predicted octanol–water partition coefficient (Wildman–Crippen LogP) is 0.562. The lowest BCUT2D eigenvalue weighted by atomic mass is 10.2. The van der Waals surface area contributed by atoms with Gasteiger partial charge in [-0.1, -0.05) is 19.0 Å². The summed E-state index contributed by atoms with van der Waals surface area (Å²) in [5, 5.41) is 14.1. The number of rotatable bonds is 4. The fourth-order valence-corrected chi connectivity index (χ4v) is 1.12. The Bertz CT molecular complexity index is 412. The maximum atomic E-state index is 11.6. The molecule has 1 rings (SSSR count). The highest BCUT2D eigenvalue weighted by molar-refractivity contribution is 5.98. The van der Waals surface area contributed by atoms with Gasteiger partial charge in [-0.3, -0.25) is 9.78 Å². The Balaban J connectivity index is 2.71. The highest BCUT2D eigenvalue weighted by Gasteiger charge is 2.08. The molecule has 4 N–H and O–H groups in total. The Morgan fingerprint density at radius 1 is 1.59 bits per heavy atom. The van der Waals surface area contributed by atoms with Crippen molar-refractivity contribution in [3.05, 3.63) is 29.6 Å². The van der Waals surface area contributed by atoms with E-state index in [1.54, 1.807) is 6.07 Å². The van der Waals surface area contributed by atoms with Gasteiger partial charge in [0.1, 0.15) is 5.69 Å². The van der Waals surface area contributed by atoms with E-state index < -0.39 is 0 Å². The number of aromatic nitrogens is 1. The summed E-state index contributed by atoms with van der Waals surface area (Å²) in [7, 11) is 0. The van der Waals surface area contributed by atoms with Gasteiger partial charge in [0, 0.05) is 18.3 Å². The zero-order valence-corrected chi connectivity index (χ0v) is 9.84. The zero-order chi connectivity index (χ0) is 12.8. The van der Waals surface area contributed by atoms with Crippen LogP contribution in [0.2, 0.25) is 0 Å². The minimum atomic E-state index is -0.232. The van der Waals surface area contributed by atoms with Crippen molar-refractivity contribution in [2.45, 2.75) is 13.8 Å². The highest BCUT2D eigenvalue weighted by atomic mass is 16.4. The monoisotopic (exact) mass is 236 g/mol. The van der Waals surface area contributed by atoms with Crippen LogP contribution < -0.4 is 11.1 Å². The number of hydrogen-bond acceptors (Lipinski definition) is 4. The number of carbonyl (C=O) groups is 1. The first-order valence-corrected chi connectivity index (χ1v) is 5.26. The Kier molecular flexibility index (Phi) is 4.45. The predicted molar refractivity (Wildman–Crippen MR) is 63.9 cm³/mol. The van der Waals surface area contributed by atoms with E-state index in [0.29, 0.717) is 23.7 Å². The van der Waals surface area contributed by atoms with E-state index in [4.69, 9.17) is 10.9 Å². The quantitative estimate of drug-likeness (QED) is 0.308. The molecule has 0 aromatic carbocycles. The Labute approximate surface area is 99.5 Å². The van der Waals surface area contributed by atoms with E-state index >= 15 is 0 Å². The van der Waals surface area contributed by atoms with E-state index in [0.717, 1.165) is 0 Å². The second kappa shape index (κ2) is 5.83. The van der Waals surface area contributed by atoms with E-state index in [9.17, 15) is 4.79 Å². The number of nitrogens with one attached hydrogen (secondary N) is 1. The summed E-state index contributed by atoms with van der Waals surface area (Å²) in [6, 6.07) is 3.11. The lowest BCUT2D eigenvalue weighted by molar-refractivity contribution is 0.0944. The van der Waals surface area contributed by atoms with Crippen molar-refractivity contribution in [3.8, 4) is 0 Å². The number of pyridine rings is 1. The molecule has 0 saturated heterocycles. The van der Waals surface area contributed by atoms with Gasteiger partial charge in [0.05, 0.1) is 0 Å². The Hall–Kier alpha value is -2.11. The van der Waals surface area contributed by atoms with Gasteiger partial charge in [0.25, 0.3) is 5.91 Å². The molecule has 1 amide bonds. The second-order valence-electron chi connectivity index (χ2n) is 4.02. The molecule has 0 aliphatic carbocycles. The Morgan fingerprint density at radius 2 is 2.29 bits per heavy atom. The van der Waals surface area contributed by atoms with Gasteiger partial charge in [-0.2, -0.15) is 0 Å². The van der Waals surface area contributed by atoms with Crippen molar-refractivity contribution in [1.82, 2.24) is 10.3 Å². The minimum Gasteiger partial charge on any atom is -0.409 e. The second-order valence-corrected chi connectivity index (χ2v) is 4.02. The number of amidine groups is 1. The summed E-state index contributed by atoms with van der Waals surface area (Å²) < 4.78 is 0. The molecule has 1 aromatic heterocycles. The molecule has 1 heterocycles. The molecule has 0 unspecified atom stereocenters. The van der Waals surface area contributed by atoms with Gasteiger partial charge in [-0.25, -0.2) is 0 Å². The van der Waals surface area contributed by atoms with Gasteiger partial charge in [0.15, 0.2) is 5.84 Å². The SMILES string of the molecule is CC(C)CNC(=O)c1ccc(C(N)=NO)cn1. The maximum Gasteiger partial charge on any atom is 0.269 e. The van der Waals surface area contributed by atoms with Crippen molar-refractivity contribution in [3.63, 3.8) is 0 Å². The van der Waals surface area contributed by atoms with Crippen molar-refractivity contribution >= 4 is 11.7 Å². The summed E-state index contributed by atoms with van der Waals surface area (Å²) in [5.74, 6) is 0.117. The minimum absolute atomic E-state index is 0.0355. The van der Waals surface area contributed by atoms with Gasteiger partial charge < -0.3 is 16.3 Å². The fraction of sp³-hybridized carbons (Fsp3) is 0.364. The van der Waals surface area contributed by atoms with Crippen LogP contribution in [0.1, 0.15) is 29.9 Å². The molecule has 92 valence electrons. The van der Waals surface area contributed by atoms with Crippen LogP contribution in [0.25, 0.3) is 0 Å². The number of hydrogen-bond donors (Lipinski definition) is 3. The molecule has 17 heavy (non-hydrogen) atoms. The van der Waals surface area contributed by atoms with Gasteiger partial charge >= 0.3 is 0 Å². The zero-order valence-electron chi connectivity index (χ0n) is 9.84. The third kappa shape index (κ3) is 3.75. The summed E-state index contributed by atoms with van der Waals surface area (Å²) in [6.45, 7) is 4.62. The molecule has 0 saturated carbocycles. The third-order valence-corrected chi connectivity index (χ3v) is 2.07. The summed E-state index contributed by atoms with van der Waals surface area (Å²) in [6.07, 6.45) is 1.39. The van der Waals surface area contributed by atoms with Crippen molar-refractivity contribution in [1.29, 1.82) is 0 Å². The maximum absolute atomic E-state index is 11.6. The summed E-state index contributed by atoms with van der Waals surface area (Å²) in [5.41, 5.74) is 6.15. The van der Waals surface area contributed by atoms with E-state index in [2.05, 4.69) is 15.5 Å². The molecule has 0 radical (unpaired) electrons. The number of amides is 1. The molecule has 1 aromatic rings. The van der Waals surface area contributed by atoms with Crippen molar-refractivity contribution in [2.75, 3.05) is 6.54 Å². The molecule has 0 bridgehead atoms. The average molecular weight is 236 g/mol. The fourth-order valence-electron chi connectivity index (χ4n) is 1.12. The number of nitrogens with two attached hydrogens (primary N) is 1. The van der Waals surface area contributed by atoms with Crippen LogP contribution >= 0.6 is 0 Å². The third-order valence-electron chi connectivity index (χ3n) is 2.07.